The third-order valence-electron chi connectivity index (χ3n) is 2.50. The van der Waals surface area contributed by atoms with Gasteiger partial charge in [-0.25, -0.2) is 4.39 Å². The van der Waals surface area contributed by atoms with Gasteiger partial charge < -0.3 is 15.2 Å². The van der Waals surface area contributed by atoms with Gasteiger partial charge in [-0.3, -0.25) is 9.59 Å². The van der Waals surface area contributed by atoms with E-state index in [1.165, 1.54) is 25.1 Å². The van der Waals surface area contributed by atoms with Gasteiger partial charge in [0, 0.05) is 0 Å². The van der Waals surface area contributed by atoms with Crippen LogP contribution in [0.1, 0.15) is 20.3 Å². The molecular formula is C13H16FNO4. The highest BCUT2D eigenvalue weighted by Crippen LogP contribution is 2.18. The number of carboxylic acids is 1. The Hall–Kier alpha value is -2.11. The molecule has 0 saturated carbocycles. The smallest absolute Gasteiger partial charge is 0.325 e. The maximum Gasteiger partial charge on any atom is 0.325 e. The van der Waals surface area contributed by atoms with Crippen LogP contribution >= 0.6 is 0 Å². The Morgan fingerprint density at radius 3 is 2.58 bits per heavy atom. The second-order valence-corrected chi connectivity index (χ2v) is 4.01. The summed E-state index contributed by atoms with van der Waals surface area (Å²) in [5.41, 5.74) is 0. The summed E-state index contributed by atoms with van der Waals surface area (Å²) in [6, 6.07) is 4.70. The third kappa shape index (κ3) is 4.24. The highest BCUT2D eigenvalue weighted by molar-refractivity contribution is 5.86. The first kappa shape index (κ1) is 14.9. The van der Waals surface area contributed by atoms with E-state index in [2.05, 4.69) is 5.32 Å². The molecule has 0 aromatic heterocycles. The molecule has 1 rings (SSSR count). The molecule has 0 radical (unpaired) electrons. The van der Waals surface area contributed by atoms with Crippen LogP contribution in [0.5, 0.6) is 5.75 Å². The van der Waals surface area contributed by atoms with E-state index in [0.717, 1.165) is 0 Å². The number of hydrogen-bond donors (Lipinski definition) is 2. The van der Waals surface area contributed by atoms with Gasteiger partial charge in [-0.1, -0.05) is 19.1 Å². The highest BCUT2D eigenvalue weighted by Gasteiger charge is 2.23. The van der Waals surface area contributed by atoms with Crippen molar-refractivity contribution in [1.82, 2.24) is 5.32 Å². The van der Waals surface area contributed by atoms with Crippen LogP contribution < -0.4 is 10.1 Å². The number of hydrogen-bond acceptors (Lipinski definition) is 3. The molecule has 19 heavy (non-hydrogen) atoms. The molecule has 0 aliphatic rings. The van der Waals surface area contributed by atoms with Crippen LogP contribution in [0.15, 0.2) is 24.3 Å². The van der Waals surface area contributed by atoms with E-state index in [1.54, 1.807) is 13.0 Å². The van der Waals surface area contributed by atoms with Crippen molar-refractivity contribution in [3.8, 4) is 5.75 Å². The Morgan fingerprint density at radius 1 is 1.42 bits per heavy atom. The van der Waals surface area contributed by atoms with E-state index in [9.17, 15) is 14.0 Å². The number of aliphatic carboxylic acids is 1. The fraction of sp³-hybridized carbons (Fsp3) is 0.385. The summed E-state index contributed by atoms with van der Waals surface area (Å²) < 4.78 is 18.6. The van der Waals surface area contributed by atoms with Crippen molar-refractivity contribution in [2.24, 2.45) is 0 Å². The van der Waals surface area contributed by atoms with E-state index in [0.29, 0.717) is 6.42 Å². The molecule has 0 heterocycles. The summed E-state index contributed by atoms with van der Waals surface area (Å²) in [6.07, 6.45) is -0.634. The van der Waals surface area contributed by atoms with Crippen LogP contribution in [0, 0.1) is 5.82 Å². The lowest BCUT2D eigenvalue weighted by molar-refractivity contribution is -0.142. The van der Waals surface area contributed by atoms with Gasteiger partial charge in [0.2, 0.25) is 0 Å². The Bertz CT molecular complexity index is 464. The van der Waals surface area contributed by atoms with Crippen molar-refractivity contribution >= 4 is 11.9 Å². The van der Waals surface area contributed by atoms with Crippen molar-refractivity contribution in [1.29, 1.82) is 0 Å². The molecule has 0 aliphatic carbocycles. The predicted molar refractivity (Wildman–Crippen MR) is 66.3 cm³/mol. The Morgan fingerprint density at radius 2 is 2.05 bits per heavy atom. The maximum absolute atomic E-state index is 13.4. The lowest BCUT2D eigenvalue weighted by atomic mass is 10.2. The van der Waals surface area contributed by atoms with Gasteiger partial charge in [-0.05, 0) is 25.5 Å². The normalized spacial score (nSPS) is 13.4. The molecule has 2 N–H and O–H groups in total. The number of amides is 1. The molecule has 0 bridgehead atoms. The molecule has 0 saturated heterocycles. The summed E-state index contributed by atoms with van der Waals surface area (Å²) in [5.74, 6) is -2.33. The predicted octanol–water partition coefficient (Wildman–Crippen LogP) is 1.57. The second kappa shape index (κ2) is 6.72. The monoisotopic (exact) mass is 269 g/mol. The van der Waals surface area contributed by atoms with Crippen molar-refractivity contribution in [2.75, 3.05) is 0 Å². The van der Waals surface area contributed by atoms with Crippen LogP contribution in [-0.2, 0) is 9.59 Å². The van der Waals surface area contributed by atoms with Crippen molar-refractivity contribution in [3.05, 3.63) is 30.1 Å². The largest absolute Gasteiger partial charge is 0.480 e. The average molecular weight is 269 g/mol. The zero-order valence-electron chi connectivity index (χ0n) is 10.7. The minimum Gasteiger partial charge on any atom is -0.480 e. The number of nitrogens with one attached hydrogen (secondary N) is 1. The molecule has 0 aliphatic heterocycles. The number of para-hydroxylation sites is 1. The first-order valence-electron chi connectivity index (χ1n) is 5.90. The lowest BCUT2D eigenvalue weighted by Crippen LogP contribution is -2.45. The van der Waals surface area contributed by atoms with E-state index in [4.69, 9.17) is 9.84 Å². The van der Waals surface area contributed by atoms with Gasteiger partial charge in [0.05, 0.1) is 0 Å². The fourth-order valence-electron chi connectivity index (χ4n) is 1.38. The van der Waals surface area contributed by atoms with Crippen LogP contribution in [0.25, 0.3) is 0 Å². The summed E-state index contributed by atoms with van der Waals surface area (Å²) in [7, 11) is 0. The fourth-order valence-corrected chi connectivity index (χ4v) is 1.38. The van der Waals surface area contributed by atoms with E-state index in [-0.39, 0.29) is 5.75 Å². The summed E-state index contributed by atoms with van der Waals surface area (Å²) in [4.78, 5) is 22.4. The lowest BCUT2D eigenvalue weighted by Gasteiger charge is -2.19. The molecule has 1 aromatic rings. The first-order chi connectivity index (χ1) is 8.95. The van der Waals surface area contributed by atoms with Crippen LogP contribution in [0.3, 0.4) is 0 Å². The highest BCUT2D eigenvalue weighted by atomic mass is 19.1. The van der Waals surface area contributed by atoms with Gasteiger partial charge in [0.15, 0.2) is 17.7 Å². The maximum atomic E-state index is 13.4. The van der Waals surface area contributed by atoms with E-state index >= 15 is 0 Å². The molecule has 1 aromatic carbocycles. The van der Waals surface area contributed by atoms with Crippen LogP contribution in [-0.4, -0.2) is 29.1 Å². The third-order valence-corrected chi connectivity index (χ3v) is 2.50. The summed E-state index contributed by atoms with van der Waals surface area (Å²) in [5, 5.41) is 11.0. The number of rotatable bonds is 6. The molecule has 104 valence electrons. The summed E-state index contributed by atoms with van der Waals surface area (Å²) >= 11 is 0. The minimum atomic E-state index is -1.14. The SMILES string of the molecule is CCC(Oc1ccccc1F)C(=O)NC(C)C(=O)O. The zero-order valence-corrected chi connectivity index (χ0v) is 10.7. The number of carboxylic acid groups (broad SMARTS) is 1. The number of carbonyl (C=O) groups excluding carboxylic acids is 1. The Balaban J connectivity index is 2.71. The minimum absolute atomic E-state index is 0.0347. The Kier molecular flexibility index (Phi) is 5.29. The quantitative estimate of drug-likeness (QED) is 0.822. The number of benzene rings is 1. The average Bonchev–Trinajstić information content (AvgIpc) is 2.37. The van der Waals surface area contributed by atoms with Gasteiger partial charge in [0.25, 0.3) is 5.91 Å². The first-order valence-corrected chi connectivity index (χ1v) is 5.90. The van der Waals surface area contributed by atoms with Gasteiger partial charge in [0.1, 0.15) is 6.04 Å². The standard InChI is InChI=1S/C13H16FNO4/c1-3-10(12(16)15-8(2)13(17)18)19-11-7-5-4-6-9(11)14/h4-8,10H,3H2,1-2H3,(H,15,16)(H,17,18). The molecule has 6 heteroatoms. The van der Waals surface area contributed by atoms with Crippen molar-refractivity contribution < 1.29 is 23.8 Å². The van der Waals surface area contributed by atoms with Crippen molar-refractivity contribution in [3.63, 3.8) is 0 Å². The molecule has 2 atom stereocenters. The second-order valence-electron chi connectivity index (χ2n) is 4.01. The summed E-state index contributed by atoms with van der Waals surface area (Å²) in [6.45, 7) is 3.03. The molecular weight excluding hydrogens is 253 g/mol. The van der Waals surface area contributed by atoms with Gasteiger partial charge in [-0.15, -0.1) is 0 Å². The number of halogens is 1. The van der Waals surface area contributed by atoms with E-state index in [1.807, 2.05) is 0 Å². The molecule has 0 fully saturated rings. The van der Waals surface area contributed by atoms with E-state index < -0.39 is 29.8 Å². The van der Waals surface area contributed by atoms with Crippen molar-refractivity contribution in [2.45, 2.75) is 32.4 Å². The molecule has 5 nitrogen and oxygen atoms in total. The number of carbonyl (C=O) groups is 2. The topological polar surface area (TPSA) is 75.6 Å². The Labute approximate surface area is 110 Å². The molecule has 0 spiro atoms. The van der Waals surface area contributed by atoms with Gasteiger partial charge in [-0.2, -0.15) is 0 Å². The number of ether oxygens (including phenoxy) is 1. The molecule has 1 amide bonds. The zero-order chi connectivity index (χ0) is 14.4. The molecule has 2 unspecified atom stereocenters. The van der Waals surface area contributed by atoms with Crippen LogP contribution in [0.2, 0.25) is 0 Å². The van der Waals surface area contributed by atoms with Gasteiger partial charge >= 0.3 is 5.97 Å². The van der Waals surface area contributed by atoms with Crippen LogP contribution in [0.4, 0.5) is 4.39 Å².